The molecule has 0 aliphatic carbocycles. The van der Waals surface area contributed by atoms with Gasteiger partial charge in [-0.05, 0) is 37.1 Å². The number of amides is 2. The predicted octanol–water partition coefficient (Wildman–Crippen LogP) is 4.49. The molecule has 7 heteroatoms. The van der Waals surface area contributed by atoms with Crippen LogP contribution in [-0.4, -0.2) is 36.6 Å². The molecule has 1 saturated heterocycles. The van der Waals surface area contributed by atoms with Crippen LogP contribution in [0.25, 0.3) is 11.3 Å². The molecule has 0 radical (unpaired) electrons. The maximum absolute atomic E-state index is 12.7. The molecule has 0 unspecified atom stereocenters. The van der Waals surface area contributed by atoms with E-state index in [-0.39, 0.29) is 24.5 Å². The Labute approximate surface area is 192 Å². The number of likely N-dealkylation sites (tertiary alicyclic amines) is 1. The number of fused-ring (bicyclic) bond motifs is 1. The number of aryl methyl sites for hydroxylation is 1. The second kappa shape index (κ2) is 9.40. The van der Waals surface area contributed by atoms with Crippen molar-refractivity contribution in [2.45, 2.75) is 25.7 Å². The average Bonchev–Trinajstić information content (AvgIpc) is 3.52. The van der Waals surface area contributed by atoms with Crippen molar-refractivity contribution in [1.82, 2.24) is 4.90 Å². The van der Waals surface area contributed by atoms with Crippen molar-refractivity contribution in [3.8, 4) is 22.8 Å². The molecule has 7 nitrogen and oxygen atoms in total. The van der Waals surface area contributed by atoms with Gasteiger partial charge in [0.2, 0.25) is 18.6 Å². The van der Waals surface area contributed by atoms with Crippen LogP contribution in [0.2, 0.25) is 0 Å². The van der Waals surface area contributed by atoms with Gasteiger partial charge in [0.25, 0.3) is 0 Å². The minimum atomic E-state index is -0.113. The number of furan rings is 1. The van der Waals surface area contributed by atoms with Crippen LogP contribution in [0.5, 0.6) is 11.5 Å². The number of piperidine rings is 1. The zero-order valence-electron chi connectivity index (χ0n) is 18.3. The van der Waals surface area contributed by atoms with Gasteiger partial charge in [-0.3, -0.25) is 9.59 Å². The van der Waals surface area contributed by atoms with Crippen LogP contribution >= 0.6 is 0 Å². The molecule has 3 aromatic rings. The van der Waals surface area contributed by atoms with E-state index in [1.54, 1.807) is 12.1 Å². The van der Waals surface area contributed by atoms with Crippen LogP contribution in [0, 0.1) is 5.92 Å². The number of hydrogen-bond donors (Lipinski definition) is 1. The lowest BCUT2D eigenvalue weighted by atomic mass is 9.95. The van der Waals surface area contributed by atoms with Crippen molar-refractivity contribution in [3.63, 3.8) is 0 Å². The van der Waals surface area contributed by atoms with E-state index in [1.807, 2.05) is 53.4 Å². The van der Waals surface area contributed by atoms with Gasteiger partial charge in [-0.1, -0.05) is 30.3 Å². The second-order valence-corrected chi connectivity index (χ2v) is 8.34. The van der Waals surface area contributed by atoms with Gasteiger partial charge in [-0.25, -0.2) is 0 Å². The zero-order chi connectivity index (χ0) is 22.6. The van der Waals surface area contributed by atoms with E-state index in [0.29, 0.717) is 56.0 Å². The summed E-state index contributed by atoms with van der Waals surface area (Å²) in [4.78, 5) is 27.2. The Morgan fingerprint density at radius 3 is 2.55 bits per heavy atom. The van der Waals surface area contributed by atoms with Crippen molar-refractivity contribution >= 4 is 17.5 Å². The Kier molecular flexibility index (Phi) is 6.02. The number of nitrogens with zero attached hydrogens (tertiary/aromatic N) is 1. The molecule has 2 aromatic carbocycles. The van der Waals surface area contributed by atoms with Gasteiger partial charge in [0.1, 0.15) is 11.5 Å². The first kappa shape index (κ1) is 21.1. The van der Waals surface area contributed by atoms with Crippen LogP contribution in [-0.2, 0) is 16.0 Å². The van der Waals surface area contributed by atoms with Gasteiger partial charge >= 0.3 is 0 Å². The third-order valence-corrected chi connectivity index (χ3v) is 6.16. The fourth-order valence-electron chi connectivity index (χ4n) is 4.27. The van der Waals surface area contributed by atoms with Gasteiger partial charge in [0.05, 0.1) is 0 Å². The third kappa shape index (κ3) is 4.87. The Morgan fingerprint density at radius 1 is 0.939 bits per heavy atom. The highest BCUT2D eigenvalue weighted by atomic mass is 16.7. The summed E-state index contributed by atoms with van der Waals surface area (Å²) in [7, 11) is 0. The molecule has 170 valence electrons. The molecule has 0 spiro atoms. The molecular weight excluding hydrogens is 420 g/mol. The fraction of sp³-hybridized carbons (Fsp3) is 0.308. The topological polar surface area (TPSA) is 81.0 Å². The van der Waals surface area contributed by atoms with Crippen molar-refractivity contribution in [1.29, 1.82) is 0 Å². The zero-order valence-corrected chi connectivity index (χ0v) is 18.3. The molecule has 2 aliphatic rings. The second-order valence-electron chi connectivity index (χ2n) is 8.34. The van der Waals surface area contributed by atoms with Crippen molar-refractivity contribution < 1.29 is 23.5 Å². The number of hydrogen-bond acceptors (Lipinski definition) is 5. The monoisotopic (exact) mass is 446 g/mol. The number of carbonyl (C=O) groups excluding carboxylic acids is 2. The number of carbonyl (C=O) groups is 2. The van der Waals surface area contributed by atoms with Gasteiger partial charge in [-0.2, -0.15) is 0 Å². The first-order valence-electron chi connectivity index (χ1n) is 11.3. The standard InChI is InChI=1S/C26H26N2O5/c29-25(11-8-21-7-10-22(33-21)18-4-2-1-3-5-18)28-14-12-19(13-15-28)26(30)27-20-6-9-23-24(16-20)32-17-31-23/h1-7,9-10,16,19H,8,11-15,17H2,(H,27,30). The van der Waals surface area contributed by atoms with E-state index in [9.17, 15) is 9.59 Å². The first-order chi connectivity index (χ1) is 16.2. The van der Waals surface area contributed by atoms with Gasteiger partial charge in [0, 0.05) is 49.2 Å². The van der Waals surface area contributed by atoms with E-state index in [2.05, 4.69) is 5.32 Å². The Bertz CT molecular complexity index is 1130. The summed E-state index contributed by atoms with van der Waals surface area (Å²) >= 11 is 0. The number of anilines is 1. The van der Waals surface area contributed by atoms with Crippen LogP contribution in [0.1, 0.15) is 25.0 Å². The molecule has 5 rings (SSSR count). The normalized spacial score (nSPS) is 15.5. The van der Waals surface area contributed by atoms with Gasteiger partial charge in [0.15, 0.2) is 11.5 Å². The summed E-state index contributed by atoms with van der Waals surface area (Å²) in [5.41, 5.74) is 1.72. The van der Waals surface area contributed by atoms with Gasteiger partial charge in [-0.15, -0.1) is 0 Å². The minimum Gasteiger partial charge on any atom is -0.461 e. The lowest BCUT2D eigenvalue weighted by molar-refractivity contribution is -0.134. The first-order valence-corrected chi connectivity index (χ1v) is 11.3. The van der Waals surface area contributed by atoms with E-state index >= 15 is 0 Å². The SMILES string of the molecule is O=C(Nc1ccc2c(c1)OCO2)C1CCN(C(=O)CCc2ccc(-c3ccccc3)o2)CC1. The molecule has 0 saturated carbocycles. The molecular formula is C26H26N2O5. The average molecular weight is 447 g/mol. The number of benzene rings is 2. The van der Waals surface area contributed by atoms with E-state index in [4.69, 9.17) is 13.9 Å². The highest BCUT2D eigenvalue weighted by molar-refractivity contribution is 5.93. The van der Waals surface area contributed by atoms with E-state index in [1.165, 1.54) is 0 Å². The summed E-state index contributed by atoms with van der Waals surface area (Å²) in [6, 6.07) is 19.2. The smallest absolute Gasteiger partial charge is 0.231 e. The Morgan fingerprint density at radius 2 is 1.73 bits per heavy atom. The molecule has 3 heterocycles. The lowest BCUT2D eigenvalue weighted by Crippen LogP contribution is -2.41. The van der Waals surface area contributed by atoms with Crippen LogP contribution in [0.3, 0.4) is 0 Å². The molecule has 1 fully saturated rings. The van der Waals surface area contributed by atoms with Crippen molar-refractivity contribution in [2.75, 3.05) is 25.2 Å². The van der Waals surface area contributed by atoms with Crippen molar-refractivity contribution in [2.24, 2.45) is 5.92 Å². The predicted molar refractivity (Wildman–Crippen MR) is 123 cm³/mol. The van der Waals surface area contributed by atoms with E-state index < -0.39 is 0 Å². The van der Waals surface area contributed by atoms with Crippen molar-refractivity contribution in [3.05, 3.63) is 66.4 Å². The summed E-state index contributed by atoms with van der Waals surface area (Å²) in [5.74, 6) is 2.91. The summed E-state index contributed by atoms with van der Waals surface area (Å²) in [6.45, 7) is 1.38. The summed E-state index contributed by atoms with van der Waals surface area (Å²) in [6.07, 6.45) is 2.27. The molecule has 33 heavy (non-hydrogen) atoms. The van der Waals surface area contributed by atoms with E-state index in [0.717, 1.165) is 17.1 Å². The molecule has 1 aromatic heterocycles. The van der Waals surface area contributed by atoms with Gasteiger partial charge < -0.3 is 24.1 Å². The molecule has 0 bridgehead atoms. The summed E-state index contributed by atoms with van der Waals surface area (Å²) in [5, 5.41) is 2.96. The van der Waals surface area contributed by atoms with Crippen LogP contribution in [0.15, 0.2) is 65.1 Å². The maximum atomic E-state index is 12.7. The summed E-state index contributed by atoms with van der Waals surface area (Å²) < 4.78 is 16.6. The molecule has 2 amide bonds. The lowest BCUT2D eigenvalue weighted by Gasteiger charge is -2.31. The Balaban J connectivity index is 1.08. The maximum Gasteiger partial charge on any atom is 0.231 e. The molecule has 2 aliphatic heterocycles. The largest absolute Gasteiger partial charge is 0.461 e. The highest BCUT2D eigenvalue weighted by Gasteiger charge is 2.27. The quantitative estimate of drug-likeness (QED) is 0.604. The number of nitrogens with one attached hydrogen (secondary N) is 1. The molecule has 1 N–H and O–H groups in total. The van der Waals surface area contributed by atoms with Crippen LogP contribution < -0.4 is 14.8 Å². The minimum absolute atomic E-state index is 0.0232. The number of rotatable bonds is 6. The Hall–Kier alpha value is -3.74. The van der Waals surface area contributed by atoms with Crippen LogP contribution in [0.4, 0.5) is 5.69 Å². The third-order valence-electron chi connectivity index (χ3n) is 6.16. The molecule has 0 atom stereocenters. The number of ether oxygens (including phenoxy) is 2. The fourth-order valence-corrected chi connectivity index (χ4v) is 4.27. The highest BCUT2D eigenvalue weighted by Crippen LogP contribution is 2.34.